The van der Waals surface area contributed by atoms with Crippen LogP contribution in [0.3, 0.4) is 0 Å². The highest BCUT2D eigenvalue weighted by atomic mass is 19.1. The normalized spacial score (nSPS) is 18.3. The Kier molecular flexibility index (Phi) is 5.40. The van der Waals surface area contributed by atoms with Crippen LogP contribution in [-0.4, -0.2) is 21.9 Å². The van der Waals surface area contributed by atoms with E-state index in [1.54, 1.807) is 13.1 Å². The highest BCUT2D eigenvalue weighted by Gasteiger charge is 2.26. The number of aromatic nitrogens is 2. The number of carbonyl (C=O) groups excluding carboxylic acids is 1. The van der Waals surface area contributed by atoms with Gasteiger partial charge in [-0.3, -0.25) is 4.79 Å². The van der Waals surface area contributed by atoms with Crippen molar-refractivity contribution in [1.29, 1.82) is 0 Å². The van der Waals surface area contributed by atoms with Gasteiger partial charge >= 0.3 is 0 Å². The van der Waals surface area contributed by atoms with E-state index in [-0.39, 0.29) is 18.0 Å². The summed E-state index contributed by atoms with van der Waals surface area (Å²) in [4.78, 5) is 20.2. The SMILES string of the molecule is Cc1ncc(-c2ccc(NC(=O)CCC3Cc4c(ccnc4F)C(C)N3)cc2)o1. The number of amides is 1. The van der Waals surface area contributed by atoms with Crippen LogP contribution in [0.25, 0.3) is 11.3 Å². The first kappa shape index (κ1) is 19.3. The van der Waals surface area contributed by atoms with Crippen LogP contribution >= 0.6 is 0 Å². The Morgan fingerprint density at radius 2 is 2.07 bits per heavy atom. The summed E-state index contributed by atoms with van der Waals surface area (Å²) in [5.74, 6) is 0.827. The van der Waals surface area contributed by atoms with Crippen LogP contribution in [0, 0.1) is 12.9 Å². The first-order chi connectivity index (χ1) is 14.0. The average molecular weight is 394 g/mol. The fourth-order valence-electron chi connectivity index (χ4n) is 3.76. The third kappa shape index (κ3) is 4.35. The summed E-state index contributed by atoms with van der Waals surface area (Å²) < 4.78 is 19.5. The molecule has 0 saturated carbocycles. The van der Waals surface area contributed by atoms with E-state index in [0.717, 1.165) is 16.8 Å². The zero-order valence-electron chi connectivity index (χ0n) is 16.4. The molecular weight excluding hydrogens is 371 g/mol. The molecule has 1 aromatic carbocycles. The molecule has 1 amide bonds. The van der Waals surface area contributed by atoms with E-state index in [1.807, 2.05) is 37.3 Å². The maximum atomic E-state index is 14.0. The number of fused-ring (bicyclic) bond motifs is 1. The van der Waals surface area contributed by atoms with Gasteiger partial charge in [-0.2, -0.15) is 4.39 Å². The number of rotatable bonds is 5. The molecule has 0 fully saturated rings. The van der Waals surface area contributed by atoms with Crippen LogP contribution in [-0.2, 0) is 11.2 Å². The largest absolute Gasteiger partial charge is 0.441 e. The van der Waals surface area contributed by atoms with E-state index < -0.39 is 5.95 Å². The zero-order valence-corrected chi connectivity index (χ0v) is 16.4. The summed E-state index contributed by atoms with van der Waals surface area (Å²) in [5, 5.41) is 6.36. The molecule has 3 aromatic rings. The van der Waals surface area contributed by atoms with Crippen molar-refractivity contribution in [1.82, 2.24) is 15.3 Å². The fraction of sp³-hybridized carbons (Fsp3) is 0.318. The van der Waals surface area contributed by atoms with E-state index >= 15 is 0 Å². The smallest absolute Gasteiger partial charge is 0.224 e. The predicted molar refractivity (Wildman–Crippen MR) is 108 cm³/mol. The number of nitrogens with one attached hydrogen (secondary N) is 2. The lowest BCUT2D eigenvalue weighted by atomic mass is 9.90. The van der Waals surface area contributed by atoms with Crippen molar-refractivity contribution in [2.75, 3.05) is 5.32 Å². The monoisotopic (exact) mass is 394 g/mol. The van der Waals surface area contributed by atoms with Crippen molar-refractivity contribution in [2.45, 2.75) is 45.2 Å². The van der Waals surface area contributed by atoms with Gasteiger partial charge in [0.05, 0.1) is 6.20 Å². The van der Waals surface area contributed by atoms with Gasteiger partial charge in [-0.05, 0) is 55.7 Å². The van der Waals surface area contributed by atoms with Crippen LogP contribution in [0.15, 0.2) is 47.1 Å². The molecule has 29 heavy (non-hydrogen) atoms. The second-order valence-electron chi connectivity index (χ2n) is 7.37. The highest BCUT2D eigenvalue weighted by Crippen LogP contribution is 2.27. The number of hydrogen-bond donors (Lipinski definition) is 2. The first-order valence-corrected chi connectivity index (χ1v) is 9.71. The molecule has 0 spiro atoms. The minimum Gasteiger partial charge on any atom is -0.441 e. The Hall–Kier alpha value is -3.06. The molecule has 4 rings (SSSR count). The molecule has 6 nitrogen and oxygen atoms in total. The van der Waals surface area contributed by atoms with Crippen molar-refractivity contribution in [3.8, 4) is 11.3 Å². The van der Waals surface area contributed by atoms with Crippen LogP contribution < -0.4 is 10.6 Å². The Labute approximate surface area is 168 Å². The molecule has 1 aliphatic rings. The summed E-state index contributed by atoms with van der Waals surface area (Å²) in [6, 6.07) is 9.37. The molecule has 0 aliphatic carbocycles. The fourth-order valence-corrected chi connectivity index (χ4v) is 3.76. The highest BCUT2D eigenvalue weighted by molar-refractivity contribution is 5.90. The lowest BCUT2D eigenvalue weighted by Crippen LogP contribution is -2.39. The Balaban J connectivity index is 1.32. The average Bonchev–Trinajstić information content (AvgIpc) is 3.14. The predicted octanol–water partition coefficient (Wildman–Crippen LogP) is 4.18. The second-order valence-corrected chi connectivity index (χ2v) is 7.37. The third-order valence-corrected chi connectivity index (χ3v) is 5.24. The molecule has 2 aromatic heterocycles. The third-order valence-electron chi connectivity index (χ3n) is 5.24. The molecule has 1 aliphatic heterocycles. The van der Waals surface area contributed by atoms with Crippen molar-refractivity contribution in [2.24, 2.45) is 0 Å². The maximum Gasteiger partial charge on any atom is 0.224 e. The zero-order chi connectivity index (χ0) is 20.4. The van der Waals surface area contributed by atoms with Crippen molar-refractivity contribution in [3.63, 3.8) is 0 Å². The van der Waals surface area contributed by atoms with Crippen LogP contribution in [0.5, 0.6) is 0 Å². The molecule has 150 valence electrons. The number of anilines is 1. The summed E-state index contributed by atoms with van der Waals surface area (Å²) in [7, 11) is 0. The van der Waals surface area contributed by atoms with Gasteiger partial charge in [-0.1, -0.05) is 0 Å². The number of aryl methyl sites for hydroxylation is 1. The Bertz CT molecular complexity index is 1020. The molecule has 2 atom stereocenters. The molecule has 0 saturated heterocycles. The van der Waals surface area contributed by atoms with Gasteiger partial charge in [0, 0.05) is 48.4 Å². The van der Waals surface area contributed by atoms with Crippen molar-refractivity contribution < 1.29 is 13.6 Å². The van der Waals surface area contributed by atoms with Crippen LogP contribution in [0.1, 0.15) is 42.8 Å². The van der Waals surface area contributed by atoms with Gasteiger partial charge < -0.3 is 15.1 Å². The van der Waals surface area contributed by atoms with Gasteiger partial charge in [-0.15, -0.1) is 0 Å². The lowest BCUT2D eigenvalue weighted by molar-refractivity contribution is -0.116. The number of carbonyl (C=O) groups is 1. The molecule has 3 heterocycles. The van der Waals surface area contributed by atoms with Gasteiger partial charge in [-0.25, -0.2) is 9.97 Å². The summed E-state index contributed by atoms with van der Waals surface area (Å²) in [5.41, 5.74) is 3.22. The molecule has 7 heteroatoms. The Morgan fingerprint density at radius 3 is 2.79 bits per heavy atom. The van der Waals surface area contributed by atoms with Gasteiger partial charge in [0.15, 0.2) is 11.7 Å². The second kappa shape index (κ2) is 8.13. The van der Waals surface area contributed by atoms with Gasteiger partial charge in [0.25, 0.3) is 0 Å². The number of hydrogen-bond acceptors (Lipinski definition) is 5. The van der Waals surface area contributed by atoms with Crippen molar-refractivity contribution in [3.05, 3.63) is 65.7 Å². The standard InChI is InChI=1S/C22H23FN4O2/c1-13-18-9-10-24-22(23)19(18)11-17(26-13)7-8-21(28)27-16-5-3-15(4-6-16)20-12-25-14(2)29-20/h3-6,9-10,12-13,17,26H,7-8,11H2,1-2H3,(H,27,28). The van der Waals surface area contributed by atoms with Crippen LogP contribution in [0.4, 0.5) is 10.1 Å². The number of nitrogens with zero attached hydrogens (tertiary/aromatic N) is 2. The van der Waals surface area contributed by atoms with E-state index in [2.05, 4.69) is 20.6 Å². The summed E-state index contributed by atoms with van der Waals surface area (Å²) >= 11 is 0. The van der Waals surface area contributed by atoms with Crippen molar-refractivity contribution >= 4 is 11.6 Å². The minimum atomic E-state index is -0.410. The number of halogens is 1. The van der Waals surface area contributed by atoms with Gasteiger partial charge in [0.1, 0.15) is 0 Å². The molecule has 2 N–H and O–H groups in total. The van der Waals surface area contributed by atoms with E-state index in [4.69, 9.17) is 4.42 Å². The topological polar surface area (TPSA) is 80.0 Å². The molecular formula is C22H23FN4O2. The van der Waals surface area contributed by atoms with Gasteiger partial charge in [0.2, 0.25) is 11.9 Å². The summed E-state index contributed by atoms with van der Waals surface area (Å²) in [6.07, 6.45) is 4.69. The lowest BCUT2D eigenvalue weighted by Gasteiger charge is -2.31. The quantitative estimate of drug-likeness (QED) is 0.635. The summed E-state index contributed by atoms with van der Waals surface area (Å²) in [6.45, 7) is 3.80. The minimum absolute atomic E-state index is 0.0385. The first-order valence-electron chi connectivity index (χ1n) is 9.71. The Morgan fingerprint density at radius 1 is 1.28 bits per heavy atom. The van der Waals surface area contributed by atoms with Crippen LogP contribution in [0.2, 0.25) is 0 Å². The number of oxazole rings is 1. The number of pyridine rings is 1. The molecule has 2 unspecified atom stereocenters. The maximum absolute atomic E-state index is 14.0. The van der Waals surface area contributed by atoms with E-state index in [9.17, 15) is 9.18 Å². The molecule has 0 bridgehead atoms. The van der Waals surface area contributed by atoms with E-state index in [0.29, 0.717) is 36.5 Å². The van der Waals surface area contributed by atoms with E-state index in [1.165, 1.54) is 6.20 Å². The molecule has 0 radical (unpaired) electrons. The number of benzene rings is 1.